The second-order valence-corrected chi connectivity index (χ2v) is 7.80. The van der Waals surface area contributed by atoms with Crippen LogP contribution in [0.15, 0.2) is 53.7 Å². The van der Waals surface area contributed by atoms with Crippen molar-refractivity contribution in [2.24, 2.45) is 7.05 Å². The van der Waals surface area contributed by atoms with Gasteiger partial charge >= 0.3 is 0 Å². The average Bonchev–Trinajstić information content (AvgIpc) is 3.11. The smallest absolute Gasteiger partial charge is 0.225 e. The zero-order valence-electron chi connectivity index (χ0n) is 17.4. The van der Waals surface area contributed by atoms with Crippen LogP contribution in [0.3, 0.4) is 0 Å². The highest BCUT2D eigenvalue weighted by atomic mass is 32.2. The first-order chi connectivity index (χ1) is 14.5. The third-order valence-corrected chi connectivity index (χ3v) is 5.80. The fraction of sp³-hybridized carbons (Fsp3) is 0.318. The van der Waals surface area contributed by atoms with Crippen molar-refractivity contribution in [3.8, 4) is 11.4 Å². The summed E-state index contributed by atoms with van der Waals surface area (Å²) in [6, 6.07) is 14.0. The predicted molar refractivity (Wildman–Crippen MR) is 120 cm³/mol. The van der Waals surface area contributed by atoms with Gasteiger partial charge in [-0.25, -0.2) is 4.39 Å². The van der Waals surface area contributed by atoms with Crippen molar-refractivity contribution in [3.63, 3.8) is 0 Å². The Bertz CT molecular complexity index is 968. The van der Waals surface area contributed by atoms with E-state index in [0.717, 1.165) is 29.6 Å². The van der Waals surface area contributed by atoms with Crippen molar-refractivity contribution >= 4 is 29.0 Å². The Morgan fingerprint density at radius 2 is 1.73 bits per heavy atom. The summed E-state index contributed by atoms with van der Waals surface area (Å²) in [7, 11) is 1.93. The minimum absolute atomic E-state index is 0.122. The maximum atomic E-state index is 12.9. The zero-order valence-corrected chi connectivity index (χ0v) is 18.2. The third kappa shape index (κ3) is 5.38. The third-order valence-electron chi connectivity index (χ3n) is 4.78. The molecular formula is C22H26FN5OS. The summed E-state index contributed by atoms with van der Waals surface area (Å²) in [4.78, 5) is 14.4. The van der Waals surface area contributed by atoms with E-state index in [9.17, 15) is 9.18 Å². The Morgan fingerprint density at radius 3 is 2.37 bits per heavy atom. The number of hydrogen-bond acceptors (Lipinski definition) is 5. The number of carbonyl (C=O) groups excluding carboxylic acids is 1. The second kappa shape index (κ2) is 10.2. The molecule has 30 heavy (non-hydrogen) atoms. The lowest BCUT2D eigenvalue weighted by atomic mass is 10.2. The number of anilines is 2. The van der Waals surface area contributed by atoms with Crippen LogP contribution < -0.4 is 10.2 Å². The molecule has 0 aliphatic heterocycles. The van der Waals surface area contributed by atoms with Gasteiger partial charge in [0.2, 0.25) is 5.91 Å². The van der Waals surface area contributed by atoms with Crippen LogP contribution in [0.4, 0.5) is 15.8 Å². The molecule has 1 N–H and O–H groups in total. The number of hydrogen-bond donors (Lipinski definition) is 1. The second-order valence-electron chi connectivity index (χ2n) is 6.74. The number of halogens is 1. The van der Waals surface area contributed by atoms with Crippen LogP contribution in [-0.2, 0) is 11.8 Å². The minimum Gasteiger partial charge on any atom is -0.372 e. The van der Waals surface area contributed by atoms with Gasteiger partial charge in [-0.3, -0.25) is 4.79 Å². The first-order valence-corrected chi connectivity index (χ1v) is 10.9. The molecule has 0 saturated heterocycles. The van der Waals surface area contributed by atoms with E-state index in [2.05, 4.69) is 58.5 Å². The lowest BCUT2D eigenvalue weighted by Gasteiger charge is -2.21. The molecule has 0 unspecified atom stereocenters. The molecule has 3 aromatic rings. The number of rotatable bonds is 9. The van der Waals surface area contributed by atoms with Crippen molar-refractivity contribution in [2.75, 3.05) is 29.1 Å². The van der Waals surface area contributed by atoms with Gasteiger partial charge in [-0.2, -0.15) is 0 Å². The van der Waals surface area contributed by atoms with E-state index >= 15 is 0 Å². The van der Waals surface area contributed by atoms with E-state index in [1.807, 2.05) is 11.6 Å². The summed E-state index contributed by atoms with van der Waals surface area (Å²) in [5.41, 5.74) is 2.77. The molecule has 1 heterocycles. The van der Waals surface area contributed by atoms with Gasteiger partial charge in [0.1, 0.15) is 5.82 Å². The molecule has 0 aliphatic rings. The van der Waals surface area contributed by atoms with Crippen molar-refractivity contribution in [1.82, 2.24) is 14.8 Å². The van der Waals surface area contributed by atoms with Crippen LogP contribution in [-0.4, -0.2) is 39.5 Å². The number of carbonyl (C=O) groups is 1. The Morgan fingerprint density at radius 1 is 1.07 bits per heavy atom. The summed E-state index contributed by atoms with van der Waals surface area (Å²) in [6.07, 6.45) is 0.322. The monoisotopic (exact) mass is 427 g/mol. The van der Waals surface area contributed by atoms with Crippen molar-refractivity contribution in [2.45, 2.75) is 25.4 Å². The summed E-state index contributed by atoms with van der Waals surface area (Å²) >= 11 is 1.48. The maximum Gasteiger partial charge on any atom is 0.225 e. The highest BCUT2D eigenvalue weighted by Gasteiger charge is 2.13. The number of benzene rings is 2. The molecule has 0 atom stereocenters. The molecule has 1 amide bonds. The predicted octanol–water partition coefficient (Wildman–Crippen LogP) is 4.59. The van der Waals surface area contributed by atoms with Gasteiger partial charge in [0, 0.05) is 49.2 Å². The van der Waals surface area contributed by atoms with Crippen LogP contribution in [0.2, 0.25) is 0 Å². The Hall–Kier alpha value is -2.87. The van der Waals surface area contributed by atoms with Gasteiger partial charge in [0.25, 0.3) is 0 Å². The largest absolute Gasteiger partial charge is 0.372 e. The minimum atomic E-state index is -0.329. The van der Waals surface area contributed by atoms with Gasteiger partial charge in [-0.05, 0) is 62.4 Å². The van der Waals surface area contributed by atoms with Crippen LogP contribution in [0.5, 0.6) is 0 Å². The molecule has 0 fully saturated rings. The van der Waals surface area contributed by atoms with E-state index in [1.54, 1.807) is 12.1 Å². The molecule has 6 nitrogen and oxygen atoms in total. The zero-order chi connectivity index (χ0) is 21.5. The Labute approximate surface area is 180 Å². The van der Waals surface area contributed by atoms with E-state index in [-0.39, 0.29) is 11.7 Å². The lowest BCUT2D eigenvalue weighted by Crippen LogP contribution is -2.21. The molecule has 0 radical (unpaired) electrons. The molecule has 0 spiro atoms. The molecule has 3 rings (SSSR count). The van der Waals surface area contributed by atoms with Crippen molar-refractivity contribution in [3.05, 3.63) is 54.3 Å². The molecule has 0 bridgehead atoms. The van der Waals surface area contributed by atoms with Crippen LogP contribution in [0.1, 0.15) is 20.3 Å². The topological polar surface area (TPSA) is 63.1 Å². The fourth-order valence-corrected chi connectivity index (χ4v) is 3.94. The van der Waals surface area contributed by atoms with E-state index in [4.69, 9.17) is 0 Å². The normalized spacial score (nSPS) is 10.8. The number of thioether (sulfide) groups is 1. The first-order valence-electron chi connectivity index (χ1n) is 9.94. The number of nitrogens with one attached hydrogen (secondary N) is 1. The van der Waals surface area contributed by atoms with Crippen molar-refractivity contribution < 1.29 is 9.18 Å². The SMILES string of the molecule is CCN(CC)c1ccc(-c2nnc(SCCC(=O)Nc3ccc(F)cc3)n2C)cc1. The Balaban J connectivity index is 1.56. The first kappa shape index (κ1) is 21.8. The van der Waals surface area contributed by atoms with Gasteiger partial charge < -0.3 is 14.8 Å². The van der Waals surface area contributed by atoms with E-state index < -0.39 is 0 Å². The molecule has 158 valence electrons. The summed E-state index contributed by atoms with van der Waals surface area (Å²) < 4.78 is 14.9. The molecule has 8 heteroatoms. The molecular weight excluding hydrogens is 401 g/mol. The highest BCUT2D eigenvalue weighted by Crippen LogP contribution is 2.25. The van der Waals surface area contributed by atoms with Gasteiger partial charge in [0.05, 0.1) is 0 Å². The summed E-state index contributed by atoms with van der Waals surface area (Å²) in [5, 5.41) is 12.1. The molecule has 0 aliphatic carbocycles. The van der Waals surface area contributed by atoms with Gasteiger partial charge in [-0.1, -0.05) is 11.8 Å². The van der Waals surface area contributed by atoms with Crippen LogP contribution in [0.25, 0.3) is 11.4 Å². The number of nitrogens with zero attached hydrogens (tertiary/aromatic N) is 4. The van der Waals surface area contributed by atoms with Gasteiger partial charge in [-0.15, -0.1) is 10.2 Å². The quantitative estimate of drug-likeness (QED) is 0.506. The number of aromatic nitrogens is 3. The van der Waals surface area contributed by atoms with Crippen molar-refractivity contribution in [1.29, 1.82) is 0 Å². The fourth-order valence-electron chi connectivity index (χ4n) is 3.09. The standard InChI is InChI=1S/C22H26FN5OS/c1-4-28(5-2)19-12-6-16(7-13-19)21-25-26-22(27(21)3)30-15-14-20(29)24-18-10-8-17(23)9-11-18/h6-13H,4-5,14-15H2,1-3H3,(H,24,29). The van der Waals surface area contributed by atoms with E-state index in [0.29, 0.717) is 17.9 Å². The maximum absolute atomic E-state index is 12.9. The van der Waals surface area contributed by atoms with E-state index in [1.165, 1.54) is 29.6 Å². The molecule has 2 aromatic carbocycles. The highest BCUT2D eigenvalue weighted by molar-refractivity contribution is 7.99. The summed E-state index contributed by atoms with van der Waals surface area (Å²) in [6.45, 7) is 6.22. The lowest BCUT2D eigenvalue weighted by molar-refractivity contribution is -0.115. The average molecular weight is 428 g/mol. The molecule has 1 aromatic heterocycles. The van der Waals surface area contributed by atoms with Crippen LogP contribution in [0, 0.1) is 5.82 Å². The van der Waals surface area contributed by atoms with Crippen LogP contribution >= 0.6 is 11.8 Å². The number of amides is 1. The molecule has 0 saturated carbocycles. The summed E-state index contributed by atoms with van der Waals surface area (Å²) in [5.74, 6) is 0.909. The Kier molecular flexibility index (Phi) is 7.46. The van der Waals surface area contributed by atoms with Gasteiger partial charge in [0.15, 0.2) is 11.0 Å².